The lowest BCUT2D eigenvalue weighted by atomic mass is 10.2. The minimum Gasteiger partial charge on any atom is -0.396 e. The number of hydrogen-bond acceptors (Lipinski definition) is 4. The third-order valence-corrected chi connectivity index (χ3v) is 4.72. The molecule has 4 aromatic rings. The van der Waals surface area contributed by atoms with Crippen LogP contribution in [0.25, 0.3) is 32.0 Å². The van der Waals surface area contributed by atoms with Crippen LogP contribution in [0.2, 0.25) is 0 Å². The maximum absolute atomic E-state index is 6.08. The van der Waals surface area contributed by atoms with Gasteiger partial charge in [-0.05, 0) is 18.2 Å². The van der Waals surface area contributed by atoms with Crippen molar-refractivity contribution in [2.45, 2.75) is 6.54 Å². The van der Waals surface area contributed by atoms with Crippen LogP contribution in [0, 0.1) is 0 Å². The number of rotatable bonds is 0. The van der Waals surface area contributed by atoms with Gasteiger partial charge in [0.25, 0.3) is 0 Å². The van der Waals surface area contributed by atoms with Crippen molar-refractivity contribution in [2.24, 2.45) is 0 Å². The summed E-state index contributed by atoms with van der Waals surface area (Å²) >= 11 is 1.75. The van der Waals surface area contributed by atoms with E-state index in [1.54, 1.807) is 11.3 Å². The van der Waals surface area contributed by atoms with Crippen molar-refractivity contribution in [3.63, 3.8) is 0 Å². The Balaban J connectivity index is 1.93. The molecule has 1 aliphatic heterocycles. The first-order valence-electron chi connectivity index (χ1n) is 6.05. The number of fused-ring (bicyclic) bond motifs is 7. The average molecular weight is 266 g/mol. The molecule has 0 fully saturated rings. The van der Waals surface area contributed by atoms with E-state index in [4.69, 9.17) is 4.42 Å². The van der Waals surface area contributed by atoms with Gasteiger partial charge in [0.1, 0.15) is 11.3 Å². The molecule has 1 aliphatic rings. The fraction of sp³-hybridized carbons (Fsp3) is 0.0714. The minimum absolute atomic E-state index is 0.790. The summed E-state index contributed by atoms with van der Waals surface area (Å²) in [4.78, 5) is 9.77. The number of nitrogens with zero attached hydrogens (tertiary/aromatic N) is 3. The second kappa shape index (κ2) is 3.19. The molecule has 0 amide bonds. The maximum Gasteiger partial charge on any atom is 0.384 e. The van der Waals surface area contributed by atoms with Crippen LogP contribution in [0.4, 0.5) is 0 Å². The molecule has 4 aromatic heterocycles. The highest BCUT2D eigenvalue weighted by atomic mass is 32.1. The van der Waals surface area contributed by atoms with Gasteiger partial charge >= 0.3 is 10.7 Å². The molecule has 0 saturated carbocycles. The van der Waals surface area contributed by atoms with Crippen LogP contribution in [-0.2, 0) is 6.54 Å². The summed E-state index contributed by atoms with van der Waals surface area (Å²) in [5, 5.41) is 1.09. The Morgan fingerprint density at radius 1 is 1.26 bits per heavy atom. The Morgan fingerprint density at radius 3 is 3.26 bits per heavy atom. The van der Waals surface area contributed by atoms with Gasteiger partial charge in [0.05, 0.1) is 5.39 Å². The lowest BCUT2D eigenvalue weighted by molar-refractivity contribution is -0.647. The standard InChI is InChI=1S/C14H8N3OS/c1-2-8-10(16-4-1)7-17-13(8)18-12-9-6-15-5-3-11(9)19-14(12)17/h1-6H,7H2/q+1. The van der Waals surface area contributed by atoms with Gasteiger partial charge in [-0.15, -0.1) is 4.57 Å². The molecule has 90 valence electrons. The smallest absolute Gasteiger partial charge is 0.384 e. The molecule has 0 radical (unpaired) electrons. The molecule has 0 atom stereocenters. The van der Waals surface area contributed by atoms with E-state index in [-0.39, 0.29) is 0 Å². The van der Waals surface area contributed by atoms with E-state index < -0.39 is 0 Å². The Morgan fingerprint density at radius 2 is 2.26 bits per heavy atom. The molecule has 0 N–H and O–H groups in total. The molecule has 0 aromatic carbocycles. The highest BCUT2D eigenvalue weighted by Crippen LogP contribution is 2.37. The second-order valence-electron chi connectivity index (χ2n) is 4.60. The van der Waals surface area contributed by atoms with E-state index in [0.717, 1.165) is 39.5 Å². The first-order valence-corrected chi connectivity index (χ1v) is 6.86. The summed E-state index contributed by atoms with van der Waals surface area (Å²) < 4.78 is 9.50. The van der Waals surface area contributed by atoms with Crippen molar-refractivity contribution in [1.82, 2.24) is 9.97 Å². The van der Waals surface area contributed by atoms with Crippen LogP contribution in [0.3, 0.4) is 0 Å². The highest BCUT2D eigenvalue weighted by Gasteiger charge is 2.36. The fourth-order valence-electron chi connectivity index (χ4n) is 2.68. The monoisotopic (exact) mass is 266 g/mol. The molecule has 0 unspecified atom stereocenters. The van der Waals surface area contributed by atoms with E-state index in [2.05, 4.69) is 20.6 Å². The summed E-state index contributed by atoms with van der Waals surface area (Å²) in [6, 6.07) is 6.04. The van der Waals surface area contributed by atoms with Gasteiger partial charge in [-0.2, -0.15) is 0 Å². The quantitative estimate of drug-likeness (QED) is 0.405. The molecule has 0 saturated heterocycles. The minimum atomic E-state index is 0.790. The molecular weight excluding hydrogens is 258 g/mol. The number of hydrogen-bond donors (Lipinski definition) is 0. The van der Waals surface area contributed by atoms with E-state index in [1.165, 1.54) is 4.70 Å². The number of thiophene rings is 1. The molecule has 4 nitrogen and oxygen atoms in total. The second-order valence-corrected chi connectivity index (χ2v) is 5.63. The van der Waals surface area contributed by atoms with Crippen molar-refractivity contribution in [1.29, 1.82) is 0 Å². The zero-order valence-corrected chi connectivity index (χ0v) is 10.6. The molecule has 5 heterocycles. The summed E-state index contributed by atoms with van der Waals surface area (Å²) in [7, 11) is 0. The van der Waals surface area contributed by atoms with Crippen LogP contribution in [-0.4, -0.2) is 9.97 Å². The summed E-state index contributed by atoms with van der Waals surface area (Å²) in [6.07, 6.45) is 5.52. The Labute approximate surface area is 112 Å². The Kier molecular flexibility index (Phi) is 1.62. The molecule has 0 spiro atoms. The average Bonchev–Trinajstić information content (AvgIpc) is 3.07. The zero-order chi connectivity index (χ0) is 12.4. The molecule has 0 bridgehead atoms. The summed E-state index contributed by atoms with van der Waals surface area (Å²) in [5.74, 6) is 0.912. The van der Waals surface area contributed by atoms with Crippen LogP contribution >= 0.6 is 11.3 Å². The van der Waals surface area contributed by atoms with Gasteiger partial charge in [-0.25, -0.2) is 0 Å². The predicted octanol–water partition coefficient (Wildman–Crippen LogP) is 2.75. The van der Waals surface area contributed by atoms with Gasteiger partial charge in [-0.1, -0.05) is 11.3 Å². The van der Waals surface area contributed by atoms with Crippen molar-refractivity contribution >= 4 is 31.8 Å². The lowest BCUT2D eigenvalue weighted by Crippen LogP contribution is -2.29. The van der Waals surface area contributed by atoms with Crippen LogP contribution < -0.4 is 4.57 Å². The van der Waals surface area contributed by atoms with Crippen LogP contribution in [0.15, 0.2) is 41.2 Å². The third-order valence-electron chi connectivity index (χ3n) is 3.54. The Bertz CT molecular complexity index is 954. The number of aromatic nitrogens is 3. The van der Waals surface area contributed by atoms with E-state index in [0.29, 0.717) is 0 Å². The predicted molar refractivity (Wildman–Crippen MR) is 71.9 cm³/mol. The number of oxazole rings is 1. The first kappa shape index (κ1) is 9.63. The topological polar surface area (TPSA) is 42.8 Å². The largest absolute Gasteiger partial charge is 0.396 e. The van der Waals surface area contributed by atoms with E-state index in [9.17, 15) is 0 Å². The van der Waals surface area contributed by atoms with E-state index in [1.807, 2.05) is 30.7 Å². The van der Waals surface area contributed by atoms with Crippen LogP contribution in [0.1, 0.15) is 5.69 Å². The SMILES string of the molecule is c1cnc2c(c1)-c1oc3c4cnccc4sc3[n+]1C2. The van der Waals surface area contributed by atoms with Gasteiger partial charge < -0.3 is 4.42 Å². The van der Waals surface area contributed by atoms with Crippen molar-refractivity contribution in [2.75, 3.05) is 0 Å². The Hall–Kier alpha value is -2.27. The number of pyridine rings is 2. The van der Waals surface area contributed by atoms with E-state index >= 15 is 0 Å². The zero-order valence-electron chi connectivity index (χ0n) is 9.83. The van der Waals surface area contributed by atoms with Crippen LogP contribution in [0.5, 0.6) is 0 Å². The summed E-state index contributed by atoms with van der Waals surface area (Å²) in [5.41, 5.74) is 3.12. The van der Waals surface area contributed by atoms with Crippen molar-refractivity contribution < 1.29 is 8.98 Å². The fourth-order valence-corrected chi connectivity index (χ4v) is 3.77. The molecule has 5 heteroatoms. The highest BCUT2D eigenvalue weighted by molar-refractivity contribution is 7.25. The van der Waals surface area contributed by atoms with Gasteiger partial charge in [0, 0.05) is 23.3 Å². The van der Waals surface area contributed by atoms with Gasteiger partial charge in [0.15, 0.2) is 6.54 Å². The maximum atomic E-state index is 6.08. The molecule has 0 aliphatic carbocycles. The normalized spacial score (nSPS) is 13.1. The van der Waals surface area contributed by atoms with Crippen molar-refractivity contribution in [3.05, 3.63) is 42.5 Å². The van der Waals surface area contributed by atoms with Gasteiger partial charge in [-0.3, -0.25) is 9.97 Å². The first-order chi connectivity index (χ1) is 9.42. The summed E-state index contributed by atoms with van der Waals surface area (Å²) in [6.45, 7) is 0.790. The molecular formula is C14H8N3OS+. The van der Waals surface area contributed by atoms with Crippen molar-refractivity contribution in [3.8, 4) is 11.5 Å². The van der Waals surface area contributed by atoms with Gasteiger partial charge in [0.2, 0.25) is 5.58 Å². The third kappa shape index (κ3) is 1.11. The lowest BCUT2D eigenvalue weighted by Gasteiger charge is -1.88. The molecule has 5 rings (SSSR count). The molecule has 19 heavy (non-hydrogen) atoms.